The molecule has 0 saturated heterocycles. The first-order valence-electron chi connectivity index (χ1n) is 5.63. The van der Waals surface area contributed by atoms with Gasteiger partial charge in [-0.3, -0.25) is 0 Å². The predicted octanol–water partition coefficient (Wildman–Crippen LogP) is 0.637. The Hall–Kier alpha value is -1.70. The Morgan fingerprint density at radius 3 is 2.42 bits per heavy atom. The van der Waals surface area contributed by atoms with E-state index < -0.39 is 21.8 Å². The molecular formula is C11H17N3O4S. The van der Waals surface area contributed by atoms with E-state index in [0.717, 1.165) is 6.26 Å². The molecule has 1 aromatic heterocycles. The van der Waals surface area contributed by atoms with E-state index in [9.17, 15) is 18.3 Å². The molecule has 1 atom stereocenters. The maximum atomic E-state index is 11.2. The molecule has 0 fully saturated rings. The molecule has 1 rings (SSSR count). The van der Waals surface area contributed by atoms with Gasteiger partial charge >= 0.3 is 5.97 Å². The highest BCUT2D eigenvalue weighted by atomic mass is 32.2. The fourth-order valence-electron chi connectivity index (χ4n) is 1.70. The number of aromatic carboxylic acids is 1. The number of rotatable bonds is 5. The number of nitrogens with zero attached hydrogens (tertiary/aromatic N) is 2. The molecule has 7 nitrogen and oxygen atoms in total. The van der Waals surface area contributed by atoms with Crippen molar-refractivity contribution >= 4 is 21.6 Å². The van der Waals surface area contributed by atoms with Gasteiger partial charge in [0.15, 0.2) is 5.82 Å². The summed E-state index contributed by atoms with van der Waals surface area (Å²) in [4.78, 5) is 11.2. The molecule has 106 valence electrons. The summed E-state index contributed by atoms with van der Waals surface area (Å²) in [6.45, 7) is 4.95. The molecule has 0 aromatic carbocycles. The van der Waals surface area contributed by atoms with Crippen molar-refractivity contribution in [3.8, 4) is 0 Å². The molecule has 8 heteroatoms. The summed E-state index contributed by atoms with van der Waals surface area (Å²) < 4.78 is 22.4. The van der Waals surface area contributed by atoms with Crippen molar-refractivity contribution < 1.29 is 18.3 Å². The average Bonchev–Trinajstić information content (AvgIpc) is 2.20. The number of carbonyl (C=O) groups is 1. The number of sulfone groups is 1. The zero-order chi connectivity index (χ0) is 14.8. The van der Waals surface area contributed by atoms with Crippen LogP contribution in [0.2, 0.25) is 0 Å². The Morgan fingerprint density at radius 1 is 1.37 bits per heavy atom. The number of nitrogens with one attached hydrogen (secondary N) is 1. The molecule has 0 aliphatic heterocycles. The molecule has 19 heavy (non-hydrogen) atoms. The van der Waals surface area contributed by atoms with Crippen LogP contribution in [0.4, 0.5) is 5.82 Å². The number of aromatic nitrogens is 2. The molecule has 0 saturated carbocycles. The van der Waals surface area contributed by atoms with Crippen molar-refractivity contribution in [2.75, 3.05) is 17.3 Å². The van der Waals surface area contributed by atoms with E-state index in [-0.39, 0.29) is 17.1 Å². The van der Waals surface area contributed by atoms with Crippen LogP contribution < -0.4 is 5.32 Å². The lowest BCUT2D eigenvalue weighted by Crippen LogP contribution is -2.27. The minimum Gasteiger partial charge on any atom is -0.478 e. The van der Waals surface area contributed by atoms with Crippen LogP contribution in [0.25, 0.3) is 0 Å². The zero-order valence-electron chi connectivity index (χ0n) is 11.3. The topological polar surface area (TPSA) is 109 Å². The van der Waals surface area contributed by atoms with Crippen LogP contribution in [0.15, 0.2) is 0 Å². The second kappa shape index (κ2) is 5.52. The quantitative estimate of drug-likeness (QED) is 0.817. The number of aryl methyl sites for hydroxylation is 1. The van der Waals surface area contributed by atoms with Crippen LogP contribution in [0.3, 0.4) is 0 Å². The predicted molar refractivity (Wildman–Crippen MR) is 71.3 cm³/mol. The standard InChI is InChI=1S/C11H17N3O4S/c1-6(5-19(4,17)18)12-10-9(11(15)16)7(2)8(3)13-14-10/h6H,5H2,1-4H3,(H,12,14)(H,15,16). The van der Waals surface area contributed by atoms with E-state index >= 15 is 0 Å². The Kier molecular flexibility index (Phi) is 4.46. The average molecular weight is 287 g/mol. The van der Waals surface area contributed by atoms with Gasteiger partial charge < -0.3 is 10.4 Å². The van der Waals surface area contributed by atoms with Gasteiger partial charge in [0, 0.05) is 12.3 Å². The number of hydrogen-bond acceptors (Lipinski definition) is 6. The lowest BCUT2D eigenvalue weighted by molar-refractivity contribution is 0.0696. The molecule has 2 N–H and O–H groups in total. The summed E-state index contributed by atoms with van der Waals surface area (Å²) in [5.74, 6) is -1.14. The summed E-state index contributed by atoms with van der Waals surface area (Å²) in [7, 11) is -3.15. The molecule has 1 unspecified atom stereocenters. The Balaban J connectivity index is 3.08. The minimum absolute atomic E-state index is 0.0212. The monoisotopic (exact) mass is 287 g/mol. The van der Waals surface area contributed by atoms with Crippen molar-refractivity contribution in [2.45, 2.75) is 26.8 Å². The number of carboxylic acid groups (broad SMARTS) is 1. The molecule has 0 bridgehead atoms. The van der Waals surface area contributed by atoms with Gasteiger partial charge in [-0.2, -0.15) is 5.10 Å². The van der Waals surface area contributed by atoms with Crippen LogP contribution in [0.1, 0.15) is 28.5 Å². The SMILES string of the molecule is Cc1nnc(NC(C)CS(C)(=O)=O)c(C(=O)O)c1C. The van der Waals surface area contributed by atoms with Crippen molar-refractivity contribution in [3.63, 3.8) is 0 Å². The van der Waals surface area contributed by atoms with E-state index in [0.29, 0.717) is 11.3 Å². The first-order chi connectivity index (χ1) is 8.61. The van der Waals surface area contributed by atoms with Crippen LogP contribution in [0, 0.1) is 13.8 Å². The van der Waals surface area contributed by atoms with Gasteiger partial charge in [-0.15, -0.1) is 5.10 Å². The molecule has 0 aliphatic carbocycles. The molecular weight excluding hydrogens is 270 g/mol. The van der Waals surface area contributed by atoms with E-state index in [1.54, 1.807) is 20.8 Å². The number of anilines is 1. The smallest absolute Gasteiger partial charge is 0.339 e. The van der Waals surface area contributed by atoms with Crippen LogP contribution in [0.5, 0.6) is 0 Å². The summed E-state index contributed by atoms with van der Waals surface area (Å²) in [5, 5.41) is 19.6. The summed E-state index contributed by atoms with van der Waals surface area (Å²) >= 11 is 0. The Labute approximate surface area is 112 Å². The molecule has 0 radical (unpaired) electrons. The molecule has 0 aliphatic rings. The highest BCUT2D eigenvalue weighted by molar-refractivity contribution is 7.90. The third-order valence-electron chi connectivity index (χ3n) is 2.60. The molecule has 0 spiro atoms. The third kappa shape index (κ3) is 4.16. The van der Waals surface area contributed by atoms with Gasteiger partial charge in [-0.05, 0) is 26.3 Å². The fraction of sp³-hybridized carbons (Fsp3) is 0.545. The van der Waals surface area contributed by atoms with Gasteiger partial charge in [0.2, 0.25) is 0 Å². The number of carboxylic acids is 1. The van der Waals surface area contributed by atoms with Crippen molar-refractivity contribution in [2.24, 2.45) is 0 Å². The van der Waals surface area contributed by atoms with Gasteiger partial charge in [0.25, 0.3) is 0 Å². The Morgan fingerprint density at radius 2 is 1.95 bits per heavy atom. The van der Waals surface area contributed by atoms with Crippen LogP contribution >= 0.6 is 0 Å². The highest BCUT2D eigenvalue weighted by Crippen LogP contribution is 2.19. The van der Waals surface area contributed by atoms with Crippen molar-refractivity contribution in [1.82, 2.24) is 10.2 Å². The summed E-state index contributed by atoms with van der Waals surface area (Å²) in [5.41, 5.74) is 1.06. The van der Waals surface area contributed by atoms with E-state index in [2.05, 4.69) is 15.5 Å². The Bertz CT molecular complexity index is 598. The summed E-state index contributed by atoms with van der Waals surface area (Å²) in [6.07, 6.45) is 1.12. The number of hydrogen-bond donors (Lipinski definition) is 2. The second-order valence-corrected chi connectivity index (χ2v) is 6.76. The van der Waals surface area contributed by atoms with Gasteiger partial charge in [-0.25, -0.2) is 13.2 Å². The molecule has 0 amide bonds. The molecule has 1 heterocycles. The zero-order valence-corrected chi connectivity index (χ0v) is 12.1. The first kappa shape index (κ1) is 15.4. The first-order valence-corrected chi connectivity index (χ1v) is 7.69. The highest BCUT2D eigenvalue weighted by Gasteiger charge is 2.20. The van der Waals surface area contributed by atoms with Crippen molar-refractivity contribution in [1.29, 1.82) is 0 Å². The third-order valence-corrected chi connectivity index (χ3v) is 3.71. The lowest BCUT2D eigenvalue weighted by atomic mass is 10.1. The maximum absolute atomic E-state index is 11.2. The summed E-state index contributed by atoms with van der Waals surface area (Å²) in [6, 6.07) is -0.454. The second-order valence-electron chi connectivity index (χ2n) is 4.58. The van der Waals surface area contributed by atoms with Crippen molar-refractivity contribution in [3.05, 3.63) is 16.8 Å². The normalized spacial score (nSPS) is 13.1. The minimum atomic E-state index is -3.15. The largest absolute Gasteiger partial charge is 0.478 e. The molecule has 1 aromatic rings. The van der Waals surface area contributed by atoms with Gasteiger partial charge in [0.1, 0.15) is 15.4 Å². The van der Waals surface area contributed by atoms with Crippen LogP contribution in [-0.4, -0.2) is 47.7 Å². The van der Waals surface area contributed by atoms with Gasteiger partial charge in [-0.1, -0.05) is 0 Å². The van der Waals surface area contributed by atoms with E-state index in [4.69, 9.17) is 0 Å². The van der Waals surface area contributed by atoms with E-state index in [1.165, 1.54) is 0 Å². The van der Waals surface area contributed by atoms with Crippen LogP contribution in [-0.2, 0) is 9.84 Å². The maximum Gasteiger partial charge on any atom is 0.339 e. The van der Waals surface area contributed by atoms with E-state index in [1.807, 2.05) is 0 Å². The van der Waals surface area contributed by atoms with Gasteiger partial charge in [0.05, 0.1) is 11.4 Å². The fourth-order valence-corrected chi connectivity index (χ4v) is 2.69. The lowest BCUT2D eigenvalue weighted by Gasteiger charge is -2.16.